The molecule has 0 saturated heterocycles. The second-order valence-corrected chi connectivity index (χ2v) is 5.01. The van der Waals surface area contributed by atoms with Gasteiger partial charge in [-0.1, -0.05) is 25.1 Å². The zero-order chi connectivity index (χ0) is 15.1. The monoisotopic (exact) mass is 276 g/mol. The highest BCUT2D eigenvalue weighted by Crippen LogP contribution is 2.25. The molecule has 0 spiro atoms. The van der Waals surface area contributed by atoms with Crippen molar-refractivity contribution in [2.45, 2.75) is 20.8 Å². The van der Waals surface area contributed by atoms with Crippen molar-refractivity contribution >= 4 is 11.6 Å². The first-order chi connectivity index (χ1) is 9.46. The number of ether oxygens (including phenoxy) is 1. The van der Waals surface area contributed by atoms with Crippen LogP contribution in [0.4, 0.5) is 5.69 Å². The van der Waals surface area contributed by atoms with Gasteiger partial charge in [-0.25, -0.2) is 0 Å². The zero-order valence-corrected chi connectivity index (χ0v) is 12.8. The van der Waals surface area contributed by atoms with E-state index in [1.807, 2.05) is 43.9 Å². The highest BCUT2D eigenvalue weighted by molar-refractivity contribution is 5.93. The molecule has 20 heavy (non-hydrogen) atoms. The van der Waals surface area contributed by atoms with Crippen molar-refractivity contribution in [3.63, 3.8) is 0 Å². The van der Waals surface area contributed by atoms with E-state index < -0.39 is 0 Å². The van der Waals surface area contributed by atoms with E-state index in [4.69, 9.17) is 4.74 Å². The van der Waals surface area contributed by atoms with Gasteiger partial charge in [0.15, 0.2) is 0 Å². The van der Waals surface area contributed by atoms with Gasteiger partial charge in [-0.3, -0.25) is 9.69 Å². The minimum Gasteiger partial charge on any atom is -0.495 e. The zero-order valence-electron chi connectivity index (χ0n) is 12.8. The maximum atomic E-state index is 12.1. The Kier molecular flexibility index (Phi) is 6.25. The van der Waals surface area contributed by atoms with Gasteiger partial charge >= 0.3 is 0 Å². The van der Waals surface area contributed by atoms with Crippen LogP contribution < -0.4 is 10.1 Å². The number of benzene rings is 1. The van der Waals surface area contributed by atoms with Gasteiger partial charge in [0.25, 0.3) is 0 Å². The van der Waals surface area contributed by atoms with E-state index in [9.17, 15) is 4.79 Å². The summed E-state index contributed by atoms with van der Waals surface area (Å²) in [4.78, 5) is 14.1. The lowest BCUT2D eigenvalue weighted by Gasteiger charge is -2.20. The highest BCUT2D eigenvalue weighted by atomic mass is 16.5. The van der Waals surface area contributed by atoms with Gasteiger partial charge in [0.05, 0.1) is 19.3 Å². The van der Waals surface area contributed by atoms with Crippen LogP contribution in [0.25, 0.3) is 0 Å². The van der Waals surface area contributed by atoms with E-state index >= 15 is 0 Å². The molecular formula is C16H24N2O2. The normalized spacial score (nSPS) is 10.4. The molecule has 0 saturated carbocycles. The number of nitrogens with zero attached hydrogens (tertiary/aromatic N) is 1. The predicted octanol–water partition coefficient (Wildman–Crippen LogP) is 2.84. The molecule has 0 radical (unpaired) electrons. The topological polar surface area (TPSA) is 41.6 Å². The number of hydrogen-bond acceptors (Lipinski definition) is 3. The van der Waals surface area contributed by atoms with Crippen molar-refractivity contribution < 1.29 is 9.53 Å². The fourth-order valence-electron chi connectivity index (χ4n) is 1.97. The molecule has 0 fully saturated rings. The van der Waals surface area contributed by atoms with E-state index in [-0.39, 0.29) is 5.91 Å². The lowest BCUT2D eigenvalue weighted by molar-refractivity contribution is -0.117. The average molecular weight is 276 g/mol. The third kappa shape index (κ3) is 5.05. The summed E-state index contributed by atoms with van der Waals surface area (Å²) in [7, 11) is 1.60. The van der Waals surface area contributed by atoms with Crippen molar-refractivity contribution in [2.75, 3.05) is 32.1 Å². The quantitative estimate of drug-likeness (QED) is 0.779. The summed E-state index contributed by atoms with van der Waals surface area (Å²) in [6.07, 6.45) is 0. The Bertz CT molecular complexity index is 483. The third-order valence-corrected chi connectivity index (χ3v) is 2.94. The minimum atomic E-state index is -0.0444. The number of nitrogens with one attached hydrogen (secondary N) is 1. The van der Waals surface area contributed by atoms with E-state index in [0.717, 1.165) is 24.2 Å². The summed E-state index contributed by atoms with van der Waals surface area (Å²) in [6.45, 7) is 11.7. The molecule has 0 aliphatic carbocycles. The van der Waals surface area contributed by atoms with Gasteiger partial charge in [0, 0.05) is 6.54 Å². The van der Waals surface area contributed by atoms with Crippen LogP contribution in [0.1, 0.15) is 19.4 Å². The van der Waals surface area contributed by atoms with Gasteiger partial charge in [-0.2, -0.15) is 0 Å². The molecule has 0 atom stereocenters. The Morgan fingerprint density at radius 3 is 2.65 bits per heavy atom. The number of methoxy groups -OCH3 is 1. The fraction of sp³-hybridized carbons (Fsp3) is 0.438. The minimum absolute atomic E-state index is 0.0444. The molecule has 1 aromatic carbocycles. The average Bonchev–Trinajstić information content (AvgIpc) is 2.37. The first kappa shape index (κ1) is 16.2. The number of rotatable bonds is 7. The van der Waals surface area contributed by atoms with E-state index in [1.165, 1.54) is 0 Å². The van der Waals surface area contributed by atoms with Gasteiger partial charge in [0.2, 0.25) is 5.91 Å². The molecular weight excluding hydrogens is 252 g/mol. The Morgan fingerprint density at radius 2 is 2.10 bits per heavy atom. The first-order valence-electron chi connectivity index (χ1n) is 6.77. The van der Waals surface area contributed by atoms with Gasteiger partial charge in [-0.15, -0.1) is 0 Å². The van der Waals surface area contributed by atoms with Crippen molar-refractivity contribution in [1.29, 1.82) is 0 Å². The molecule has 1 aromatic rings. The third-order valence-electron chi connectivity index (χ3n) is 2.94. The SMILES string of the molecule is C=C(C)CN(CC)CC(=O)Nc1cc(C)ccc1OC. The number of aryl methyl sites for hydroxylation is 1. The summed E-state index contributed by atoms with van der Waals surface area (Å²) < 4.78 is 5.25. The summed E-state index contributed by atoms with van der Waals surface area (Å²) >= 11 is 0. The van der Waals surface area contributed by atoms with Crippen LogP contribution in [0.2, 0.25) is 0 Å². The predicted molar refractivity (Wildman–Crippen MR) is 83.3 cm³/mol. The number of carbonyl (C=O) groups is 1. The molecule has 0 aliphatic rings. The smallest absolute Gasteiger partial charge is 0.238 e. The summed E-state index contributed by atoms with van der Waals surface area (Å²) in [5.74, 6) is 0.629. The lowest BCUT2D eigenvalue weighted by Crippen LogP contribution is -2.34. The lowest BCUT2D eigenvalue weighted by atomic mass is 10.2. The number of carbonyl (C=O) groups excluding carboxylic acids is 1. The molecule has 110 valence electrons. The van der Waals surface area contributed by atoms with Gasteiger partial charge in [0.1, 0.15) is 5.75 Å². The standard InChI is InChI=1S/C16H24N2O2/c1-6-18(10-12(2)3)11-16(19)17-14-9-13(4)7-8-15(14)20-5/h7-9H,2,6,10-11H2,1,3-5H3,(H,17,19). The molecule has 4 heteroatoms. The number of amides is 1. The number of hydrogen-bond donors (Lipinski definition) is 1. The van der Waals surface area contributed by atoms with Crippen molar-refractivity contribution in [3.8, 4) is 5.75 Å². The Hall–Kier alpha value is -1.81. The molecule has 4 nitrogen and oxygen atoms in total. The molecule has 0 bridgehead atoms. The van der Waals surface area contributed by atoms with Crippen LogP contribution in [-0.2, 0) is 4.79 Å². The summed E-state index contributed by atoms with van der Waals surface area (Å²) in [6, 6.07) is 5.72. The Morgan fingerprint density at radius 1 is 1.40 bits per heavy atom. The Balaban J connectivity index is 2.70. The van der Waals surface area contributed by atoms with Crippen LogP contribution in [0.3, 0.4) is 0 Å². The molecule has 0 aliphatic heterocycles. The summed E-state index contributed by atoms with van der Waals surface area (Å²) in [5.41, 5.74) is 2.84. The number of likely N-dealkylation sites (N-methyl/N-ethyl adjacent to an activating group) is 1. The molecule has 1 rings (SSSR count). The maximum absolute atomic E-state index is 12.1. The fourth-order valence-corrected chi connectivity index (χ4v) is 1.97. The van der Waals surface area contributed by atoms with E-state index in [2.05, 4.69) is 11.9 Å². The van der Waals surface area contributed by atoms with Gasteiger partial charge in [-0.05, 0) is 38.1 Å². The molecule has 1 amide bonds. The Labute approximate surface area is 121 Å². The van der Waals surface area contributed by atoms with Crippen molar-refractivity contribution in [3.05, 3.63) is 35.9 Å². The van der Waals surface area contributed by atoms with Crippen LogP contribution in [0.5, 0.6) is 5.75 Å². The largest absolute Gasteiger partial charge is 0.495 e. The highest BCUT2D eigenvalue weighted by Gasteiger charge is 2.11. The maximum Gasteiger partial charge on any atom is 0.238 e. The second-order valence-electron chi connectivity index (χ2n) is 5.01. The van der Waals surface area contributed by atoms with Crippen molar-refractivity contribution in [2.24, 2.45) is 0 Å². The van der Waals surface area contributed by atoms with E-state index in [0.29, 0.717) is 18.0 Å². The molecule has 0 aromatic heterocycles. The number of anilines is 1. The van der Waals surface area contributed by atoms with Crippen LogP contribution in [0, 0.1) is 6.92 Å². The molecule has 0 heterocycles. The molecule has 1 N–H and O–H groups in total. The van der Waals surface area contributed by atoms with Crippen LogP contribution in [0.15, 0.2) is 30.4 Å². The van der Waals surface area contributed by atoms with Crippen LogP contribution >= 0.6 is 0 Å². The van der Waals surface area contributed by atoms with E-state index in [1.54, 1.807) is 7.11 Å². The second kappa shape index (κ2) is 7.70. The first-order valence-corrected chi connectivity index (χ1v) is 6.77. The molecule has 0 unspecified atom stereocenters. The van der Waals surface area contributed by atoms with Crippen molar-refractivity contribution in [1.82, 2.24) is 4.90 Å². The summed E-state index contributed by atoms with van der Waals surface area (Å²) in [5, 5.41) is 2.91. The van der Waals surface area contributed by atoms with Crippen LogP contribution in [-0.4, -0.2) is 37.6 Å². The van der Waals surface area contributed by atoms with Gasteiger partial charge < -0.3 is 10.1 Å².